The Kier molecular flexibility index (Phi) is 6.94. The molecule has 11 nitrogen and oxygen atoms in total. The van der Waals surface area contributed by atoms with Gasteiger partial charge in [-0.3, -0.25) is 14.7 Å². The Morgan fingerprint density at radius 2 is 2.03 bits per heavy atom. The summed E-state index contributed by atoms with van der Waals surface area (Å²) in [6.07, 6.45) is 2.00. The van der Waals surface area contributed by atoms with Crippen molar-refractivity contribution in [3.8, 4) is 21.8 Å². The first kappa shape index (κ1) is 24.7. The van der Waals surface area contributed by atoms with Crippen molar-refractivity contribution in [3.63, 3.8) is 0 Å². The fraction of sp³-hybridized carbons (Fsp3) is 0.385. The van der Waals surface area contributed by atoms with Gasteiger partial charge in [-0.05, 0) is 44.1 Å². The summed E-state index contributed by atoms with van der Waals surface area (Å²) >= 11 is 1.31. The Hall–Kier alpha value is -3.58. The molecule has 2 fully saturated rings. The lowest BCUT2D eigenvalue weighted by Crippen LogP contribution is -2.50. The molecule has 0 radical (unpaired) electrons. The average Bonchev–Trinajstić information content (AvgIpc) is 3.72. The van der Waals surface area contributed by atoms with E-state index in [1.165, 1.54) is 24.2 Å². The lowest BCUT2D eigenvalue weighted by Gasteiger charge is -2.24. The van der Waals surface area contributed by atoms with Crippen molar-refractivity contribution < 1.29 is 19.1 Å². The summed E-state index contributed by atoms with van der Waals surface area (Å²) in [5.74, 6) is -0.351. The summed E-state index contributed by atoms with van der Waals surface area (Å²) in [6, 6.07) is 8.43. The highest BCUT2D eigenvalue weighted by Crippen LogP contribution is 2.44. The minimum atomic E-state index is -0.454. The largest absolute Gasteiger partial charge is 0.356 e. The van der Waals surface area contributed by atoms with Gasteiger partial charge in [0.2, 0.25) is 0 Å². The number of urea groups is 1. The van der Waals surface area contributed by atoms with Gasteiger partial charge in [0.15, 0.2) is 5.78 Å². The second kappa shape index (κ2) is 10.7. The van der Waals surface area contributed by atoms with Gasteiger partial charge in [-0.1, -0.05) is 12.1 Å². The molecule has 2 aromatic heterocycles. The van der Waals surface area contributed by atoms with E-state index in [0.29, 0.717) is 58.3 Å². The number of aromatic amines is 1. The average molecular weight is 536 g/mol. The molecule has 198 valence electrons. The first-order valence-electron chi connectivity index (χ1n) is 12.9. The quantitative estimate of drug-likeness (QED) is 0.244. The van der Waals surface area contributed by atoms with Gasteiger partial charge in [0.1, 0.15) is 11.9 Å². The van der Waals surface area contributed by atoms with Crippen molar-refractivity contribution in [1.82, 2.24) is 31.0 Å². The van der Waals surface area contributed by atoms with E-state index in [0.717, 1.165) is 31.1 Å². The van der Waals surface area contributed by atoms with Crippen molar-refractivity contribution in [3.05, 3.63) is 46.3 Å². The number of likely N-dealkylation sites (tertiary alicyclic amines) is 1. The molecule has 12 heteroatoms. The smallest absolute Gasteiger partial charge is 0.321 e. The fourth-order valence-corrected chi connectivity index (χ4v) is 6.06. The summed E-state index contributed by atoms with van der Waals surface area (Å²) in [7, 11) is 0. The zero-order chi connectivity index (χ0) is 26.1. The van der Waals surface area contributed by atoms with Crippen molar-refractivity contribution >= 4 is 34.7 Å². The third-order valence-corrected chi connectivity index (χ3v) is 8.10. The van der Waals surface area contributed by atoms with E-state index in [2.05, 4.69) is 36.4 Å². The molecule has 4 heterocycles. The van der Waals surface area contributed by atoms with Crippen LogP contribution in [-0.4, -0.2) is 84.9 Å². The van der Waals surface area contributed by atoms with Gasteiger partial charge in [-0.15, -0.1) is 11.3 Å². The second-order valence-electron chi connectivity index (χ2n) is 9.51. The van der Waals surface area contributed by atoms with Gasteiger partial charge in [0.25, 0.3) is 5.91 Å². The maximum atomic E-state index is 13.6. The second-order valence-corrected chi connectivity index (χ2v) is 10.6. The number of H-pyrrole nitrogens is 1. The number of nitrogens with zero attached hydrogens (tertiary/aromatic N) is 2. The molecule has 6 rings (SSSR count). The number of hydrogen-bond acceptors (Lipinski definition) is 8. The normalized spacial score (nSPS) is 18.7. The molecule has 3 aliphatic rings. The van der Waals surface area contributed by atoms with Gasteiger partial charge < -0.3 is 30.9 Å². The summed E-state index contributed by atoms with van der Waals surface area (Å²) in [5.41, 5.74) is 3.00. The SMILES string of the molecule is O=C(Nc1cccc2c1C(=O)c1c-2n[nH]c1-c1ccc(C(=O)NCCN2CCCC2)s1)NC1CNCCO1. The Bertz CT molecular complexity index is 1370. The van der Waals surface area contributed by atoms with Crippen molar-refractivity contribution in [2.75, 3.05) is 51.2 Å². The molecule has 0 saturated carbocycles. The van der Waals surface area contributed by atoms with E-state index < -0.39 is 12.3 Å². The molecule has 1 aliphatic carbocycles. The number of benzene rings is 1. The van der Waals surface area contributed by atoms with Crippen LogP contribution in [0.4, 0.5) is 10.5 Å². The van der Waals surface area contributed by atoms with Crippen molar-refractivity contribution in [2.24, 2.45) is 0 Å². The van der Waals surface area contributed by atoms with Crippen LogP contribution >= 0.6 is 11.3 Å². The Morgan fingerprint density at radius 3 is 2.84 bits per heavy atom. The van der Waals surface area contributed by atoms with E-state index in [9.17, 15) is 14.4 Å². The highest BCUT2D eigenvalue weighted by molar-refractivity contribution is 7.17. The lowest BCUT2D eigenvalue weighted by atomic mass is 10.1. The molecule has 0 spiro atoms. The third-order valence-electron chi connectivity index (χ3n) is 7.00. The number of morpholine rings is 1. The molecule has 2 saturated heterocycles. The van der Waals surface area contributed by atoms with Crippen LogP contribution < -0.4 is 21.3 Å². The summed E-state index contributed by atoms with van der Waals surface area (Å²) in [4.78, 5) is 42.6. The molecule has 1 aromatic carbocycles. The molecule has 0 bridgehead atoms. The molecule has 5 N–H and O–H groups in total. The van der Waals surface area contributed by atoms with E-state index in [-0.39, 0.29) is 11.7 Å². The minimum absolute atomic E-state index is 0.124. The van der Waals surface area contributed by atoms with E-state index in [1.807, 2.05) is 12.1 Å². The van der Waals surface area contributed by atoms with Crippen molar-refractivity contribution in [1.29, 1.82) is 0 Å². The number of carbonyl (C=O) groups excluding carboxylic acids is 3. The number of hydrogen-bond donors (Lipinski definition) is 5. The van der Waals surface area contributed by atoms with Crippen LogP contribution in [0.25, 0.3) is 21.8 Å². The molecule has 38 heavy (non-hydrogen) atoms. The van der Waals surface area contributed by atoms with Gasteiger partial charge in [0, 0.05) is 31.7 Å². The van der Waals surface area contributed by atoms with Gasteiger partial charge >= 0.3 is 6.03 Å². The summed E-state index contributed by atoms with van der Waals surface area (Å²) in [5, 5.41) is 19.1. The van der Waals surface area contributed by atoms with Gasteiger partial charge in [-0.25, -0.2) is 4.79 Å². The zero-order valence-electron chi connectivity index (χ0n) is 20.8. The number of carbonyl (C=O) groups is 3. The first-order chi connectivity index (χ1) is 18.6. The third kappa shape index (κ3) is 4.83. The lowest BCUT2D eigenvalue weighted by molar-refractivity contribution is 0.0156. The van der Waals surface area contributed by atoms with E-state index in [4.69, 9.17) is 4.74 Å². The molecular formula is C26H29N7O4S. The molecular weight excluding hydrogens is 506 g/mol. The number of aromatic nitrogens is 2. The molecule has 3 amide bonds. The Labute approximate surface area is 223 Å². The number of amides is 3. The van der Waals surface area contributed by atoms with Crippen LogP contribution in [0, 0.1) is 0 Å². The summed E-state index contributed by atoms with van der Waals surface area (Å²) in [6.45, 7) is 5.40. The highest BCUT2D eigenvalue weighted by atomic mass is 32.1. The van der Waals surface area contributed by atoms with Gasteiger partial charge in [0.05, 0.1) is 38.9 Å². The number of anilines is 1. The fourth-order valence-electron chi connectivity index (χ4n) is 5.14. The monoisotopic (exact) mass is 535 g/mol. The number of ketones is 1. The summed E-state index contributed by atoms with van der Waals surface area (Å²) < 4.78 is 5.52. The van der Waals surface area contributed by atoms with Crippen LogP contribution in [0.3, 0.4) is 0 Å². The number of ether oxygens (including phenoxy) is 1. The standard InChI is InChI=1S/C26H29N7O4S/c34-24-20-15(4-3-5-16(20)29-26(36)30-19-14-27-9-13-37-19)22-21(24)23(32-31-22)17-6-7-18(38-17)25(35)28-8-12-33-10-1-2-11-33/h3-7,19,27H,1-2,8-14H2,(H,28,35)(H,31,32)(H2,29,30,36). The predicted octanol–water partition coefficient (Wildman–Crippen LogP) is 2.24. The molecule has 3 aromatic rings. The van der Waals surface area contributed by atoms with Crippen LogP contribution in [0.5, 0.6) is 0 Å². The topological polar surface area (TPSA) is 140 Å². The highest BCUT2D eigenvalue weighted by Gasteiger charge is 2.35. The Balaban J connectivity index is 1.16. The number of fused-ring (bicyclic) bond motifs is 3. The van der Waals surface area contributed by atoms with Crippen molar-refractivity contribution in [2.45, 2.75) is 19.1 Å². The number of thiophene rings is 1. The maximum absolute atomic E-state index is 13.6. The molecule has 1 atom stereocenters. The zero-order valence-corrected chi connectivity index (χ0v) is 21.6. The molecule has 1 unspecified atom stereocenters. The van der Waals surface area contributed by atoms with Crippen LogP contribution in [0.1, 0.15) is 38.4 Å². The Morgan fingerprint density at radius 1 is 1.16 bits per heavy atom. The van der Waals surface area contributed by atoms with Crippen LogP contribution in [-0.2, 0) is 4.74 Å². The maximum Gasteiger partial charge on any atom is 0.321 e. The van der Waals surface area contributed by atoms with E-state index >= 15 is 0 Å². The first-order valence-corrected chi connectivity index (χ1v) is 13.7. The predicted molar refractivity (Wildman–Crippen MR) is 144 cm³/mol. The van der Waals surface area contributed by atoms with Crippen LogP contribution in [0.15, 0.2) is 30.3 Å². The van der Waals surface area contributed by atoms with Gasteiger partial charge in [-0.2, -0.15) is 5.10 Å². The number of rotatable bonds is 7. The number of nitrogens with one attached hydrogen (secondary N) is 5. The molecule has 2 aliphatic heterocycles. The minimum Gasteiger partial charge on any atom is -0.356 e. The van der Waals surface area contributed by atoms with E-state index in [1.54, 1.807) is 18.2 Å². The van der Waals surface area contributed by atoms with Crippen LogP contribution in [0.2, 0.25) is 0 Å².